The van der Waals surface area contributed by atoms with Gasteiger partial charge in [0.25, 0.3) is 0 Å². The molecule has 26 heteroatoms. The fraction of sp³-hybridized carbons (Fsp3) is 0.884. The van der Waals surface area contributed by atoms with Crippen molar-refractivity contribution in [1.29, 1.82) is 0 Å². The van der Waals surface area contributed by atoms with Gasteiger partial charge in [0.2, 0.25) is 23.6 Å². The zero-order valence-electron chi connectivity index (χ0n) is 71.8. The molecule has 3 aliphatic carbocycles. The predicted octanol–water partition coefficient (Wildman–Crippen LogP) is 11.8. The van der Waals surface area contributed by atoms with Gasteiger partial charge in [-0.2, -0.15) is 0 Å². The summed E-state index contributed by atoms with van der Waals surface area (Å²) in [4.78, 5) is 133. The van der Waals surface area contributed by atoms with Gasteiger partial charge in [0.15, 0.2) is 23.1 Å². The molecule has 3 saturated carbocycles. The van der Waals surface area contributed by atoms with E-state index in [0.717, 1.165) is 51.4 Å². The number of ketones is 6. The van der Waals surface area contributed by atoms with E-state index in [1.807, 2.05) is 6.92 Å². The van der Waals surface area contributed by atoms with Crippen LogP contribution < -0.4 is 44.2 Å². The first-order valence-corrected chi connectivity index (χ1v) is 44.5. The zero-order chi connectivity index (χ0) is 83.8. The summed E-state index contributed by atoms with van der Waals surface area (Å²) in [5.41, 5.74) is 22.6. The number of hydrogen-bond acceptors (Lipinski definition) is 20. The number of Topliss-reactive ketones (excluding diaryl/α,β-unsaturated/α-hetero) is 6. The SMILES string of the molecule is CCCCCCCCCCCCCC(=O)C[C@@H](CCCCN)C(=O)N[C@H](C(=O)C[C@@H](C)C(=O)N[C@@H](CCCCN)C(=O)C[C@@H](C)B(O)O)[C@@H](C)O.CCCCCCCCCCCCCC(=O)C[C@@H](CCCCN)C(=O)N[C@H](C(=O)C[C@@H](C)C(=O)N[C@@H](CCCCN)C(=O)C[C@@H](C)B1O[C@@H]2C[C@@H]3C[C@@H](C3(C)C)[C@]2(C)O1)[C@@H](C)O. The lowest BCUT2D eigenvalue weighted by Crippen LogP contribution is -2.65. The average Bonchev–Trinajstić information content (AvgIpc) is 1.45. The third-order valence-electron chi connectivity index (χ3n) is 24.3. The van der Waals surface area contributed by atoms with Crippen molar-refractivity contribution in [2.75, 3.05) is 26.2 Å². The number of unbranched alkanes of at least 4 members (excludes halogenated alkanes) is 24. The molecule has 4 rings (SSSR count). The van der Waals surface area contributed by atoms with Crippen LogP contribution in [0.4, 0.5) is 0 Å². The van der Waals surface area contributed by atoms with Crippen molar-refractivity contribution in [2.24, 2.45) is 63.9 Å². The molecular formula is C86H160B2N8O16. The maximum atomic E-state index is 13.8. The molecule has 2 bridgehead atoms. The number of carbonyl (C=O) groups excluding carboxylic acids is 10. The fourth-order valence-corrected chi connectivity index (χ4v) is 16.5. The Balaban J connectivity index is 0.000000774. The Hall–Kier alpha value is -4.37. The van der Waals surface area contributed by atoms with Gasteiger partial charge in [-0.15, -0.1) is 0 Å². The molecule has 4 amide bonds. The second-order valence-electron chi connectivity index (χ2n) is 34.9. The van der Waals surface area contributed by atoms with E-state index in [1.54, 1.807) is 6.92 Å². The number of aliphatic hydroxyl groups excluding tert-OH is 2. The molecular weight excluding hydrogens is 1420 g/mol. The van der Waals surface area contributed by atoms with Gasteiger partial charge in [0.05, 0.1) is 36.0 Å². The van der Waals surface area contributed by atoms with Crippen LogP contribution in [0.2, 0.25) is 11.6 Å². The van der Waals surface area contributed by atoms with Crippen LogP contribution in [0, 0.1) is 40.9 Å². The first-order chi connectivity index (χ1) is 53.3. The lowest BCUT2D eigenvalue weighted by molar-refractivity contribution is -0.199. The number of amides is 4. The van der Waals surface area contributed by atoms with Crippen LogP contribution in [0.15, 0.2) is 0 Å². The lowest BCUT2D eigenvalue weighted by atomic mass is 9.43. The summed E-state index contributed by atoms with van der Waals surface area (Å²) in [7, 11) is -2.18. The second-order valence-corrected chi connectivity index (χ2v) is 34.9. The highest BCUT2D eigenvalue weighted by molar-refractivity contribution is 6.47. The predicted molar refractivity (Wildman–Crippen MR) is 447 cm³/mol. The molecule has 1 aliphatic heterocycles. The molecule has 24 nitrogen and oxygen atoms in total. The van der Waals surface area contributed by atoms with Crippen LogP contribution in [-0.4, -0.2) is 167 Å². The lowest BCUT2D eigenvalue weighted by Gasteiger charge is -2.64. The van der Waals surface area contributed by atoms with Crippen LogP contribution in [0.25, 0.3) is 0 Å². The highest BCUT2D eigenvalue weighted by Crippen LogP contribution is 2.66. The van der Waals surface area contributed by atoms with Gasteiger partial charge in [-0.25, -0.2) is 0 Å². The molecule has 16 atom stereocenters. The van der Waals surface area contributed by atoms with E-state index in [1.165, 1.54) is 130 Å². The van der Waals surface area contributed by atoms with Crippen molar-refractivity contribution in [3.8, 4) is 0 Å². The molecule has 0 aromatic rings. The Bertz CT molecular complexity index is 2710. The van der Waals surface area contributed by atoms with Gasteiger partial charge < -0.3 is 73.8 Å². The van der Waals surface area contributed by atoms with Crippen LogP contribution in [0.5, 0.6) is 0 Å². The number of rotatable bonds is 68. The third-order valence-corrected chi connectivity index (χ3v) is 24.3. The molecule has 112 heavy (non-hydrogen) atoms. The van der Waals surface area contributed by atoms with E-state index in [2.05, 4.69) is 55.9 Å². The van der Waals surface area contributed by atoms with Crippen LogP contribution in [0.3, 0.4) is 0 Å². The third kappa shape index (κ3) is 39.7. The van der Waals surface area contributed by atoms with Crippen molar-refractivity contribution >= 4 is 72.6 Å². The Morgan fingerprint density at radius 3 is 1.12 bits per heavy atom. The zero-order valence-corrected chi connectivity index (χ0v) is 71.8. The molecule has 1 heterocycles. The molecule has 16 N–H and O–H groups in total. The highest BCUT2D eigenvalue weighted by Gasteiger charge is 2.68. The fourth-order valence-electron chi connectivity index (χ4n) is 16.5. The summed E-state index contributed by atoms with van der Waals surface area (Å²) in [6, 6.07) is -4.18. The van der Waals surface area contributed by atoms with E-state index in [-0.39, 0.29) is 84.6 Å². The second kappa shape index (κ2) is 58.5. The quantitative estimate of drug-likeness (QED) is 0.0199. The molecule has 0 unspecified atom stereocenters. The van der Waals surface area contributed by atoms with Crippen LogP contribution in [-0.2, 0) is 57.3 Å². The van der Waals surface area contributed by atoms with E-state index >= 15 is 0 Å². The van der Waals surface area contributed by atoms with Gasteiger partial charge in [-0.3, -0.25) is 47.9 Å². The molecule has 646 valence electrons. The summed E-state index contributed by atoms with van der Waals surface area (Å²) in [5, 5.41) is 51.0. The first-order valence-electron chi connectivity index (χ1n) is 44.5. The van der Waals surface area contributed by atoms with Crippen molar-refractivity contribution in [2.45, 2.75) is 418 Å². The van der Waals surface area contributed by atoms with Crippen molar-refractivity contribution in [3.63, 3.8) is 0 Å². The monoisotopic (exact) mass is 1580 g/mol. The Kier molecular flexibility index (Phi) is 54.2. The molecule has 4 aliphatic rings. The number of nitrogens with one attached hydrogen (secondary N) is 4. The topological polar surface area (TPSA) is 422 Å². The molecule has 0 radical (unpaired) electrons. The molecule has 0 aromatic heterocycles. The van der Waals surface area contributed by atoms with E-state index < -0.39 is 115 Å². The largest absolute Gasteiger partial charge is 0.461 e. The molecule has 0 spiro atoms. The van der Waals surface area contributed by atoms with E-state index in [9.17, 15) is 68.2 Å². The van der Waals surface area contributed by atoms with Crippen LogP contribution in [0.1, 0.15) is 359 Å². The number of carbonyl (C=O) groups is 10. The van der Waals surface area contributed by atoms with Crippen molar-refractivity contribution in [1.82, 2.24) is 21.3 Å². The number of hydrogen-bond donors (Lipinski definition) is 12. The van der Waals surface area contributed by atoms with Gasteiger partial charge in [-0.1, -0.05) is 197 Å². The minimum atomic E-state index is -1.67. The summed E-state index contributed by atoms with van der Waals surface area (Å²) in [6.45, 7) is 22.5. The Morgan fingerprint density at radius 2 is 0.777 bits per heavy atom. The summed E-state index contributed by atoms with van der Waals surface area (Å²) in [6.07, 6.45) is 33.0. The van der Waals surface area contributed by atoms with Crippen LogP contribution >= 0.6 is 0 Å². The van der Waals surface area contributed by atoms with Crippen molar-refractivity contribution in [3.05, 3.63) is 0 Å². The highest BCUT2D eigenvalue weighted by atomic mass is 16.7. The van der Waals surface area contributed by atoms with Gasteiger partial charge in [-0.05, 0) is 166 Å². The summed E-state index contributed by atoms with van der Waals surface area (Å²) >= 11 is 0. The maximum Gasteiger partial charge on any atom is 0.461 e. The summed E-state index contributed by atoms with van der Waals surface area (Å²) in [5.74, 6) is -6.37. The van der Waals surface area contributed by atoms with Crippen molar-refractivity contribution < 1.29 is 77.5 Å². The van der Waals surface area contributed by atoms with Gasteiger partial charge >= 0.3 is 14.2 Å². The Morgan fingerprint density at radius 1 is 0.429 bits per heavy atom. The minimum Gasteiger partial charge on any atom is -0.427 e. The smallest absolute Gasteiger partial charge is 0.427 e. The van der Waals surface area contributed by atoms with E-state index in [4.69, 9.17) is 32.2 Å². The van der Waals surface area contributed by atoms with Gasteiger partial charge in [0.1, 0.15) is 23.7 Å². The average molecular weight is 1580 g/mol. The molecule has 4 fully saturated rings. The number of nitrogens with two attached hydrogens (primary N) is 4. The number of aliphatic hydroxyl groups is 2. The normalized spacial score (nSPS) is 20.1. The first kappa shape index (κ1) is 104. The Labute approximate surface area is 676 Å². The molecule has 0 aromatic carbocycles. The molecule has 1 saturated heterocycles. The standard InChI is InChI=1S/C48H87BN4O8.C38H73BN4O8/c1-8-9-10-11-12-13-14-15-16-17-18-24-38(55)30-36(23-19-21-26-50)46(59)53-44(35(4)54)41(57)28-33(2)45(58)52-39(25-20-22-27-51)40(56)29-34(3)49-60-43-32-37-31-42(47(37,5)6)48(43,7)61-49;1-5-6-7-8-9-10-11-12-13-14-15-21-32(45)27-31(20-16-18-23-40)38(49)43-36(30(4)44)35(47)25-28(2)37(48)42-33(22-17-19-24-41)34(46)26-29(3)39(50)51/h33-37,39,42-44,54H,8-32,50-51H2,1-7H3,(H,52,58)(H,53,59);28-31,33,36,44,50-51H,5-27,40-41H2,1-4H3,(H,42,48)(H,43,49)/t33-,34-,35-,36-,37+,39+,42+,43-,44+,48+;28-,29-,30-,31-,33+,36+/m11/s1. The van der Waals surface area contributed by atoms with E-state index in [0.29, 0.717) is 128 Å². The van der Waals surface area contributed by atoms with Gasteiger partial charge in [0, 0.05) is 75.0 Å². The maximum absolute atomic E-state index is 13.8. The minimum absolute atomic E-state index is 0.00231. The summed E-state index contributed by atoms with van der Waals surface area (Å²) < 4.78 is 13.1.